The highest BCUT2D eigenvalue weighted by molar-refractivity contribution is 5.57. The van der Waals surface area contributed by atoms with Crippen LogP contribution in [0.5, 0.6) is 5.75 Å². The van der Waals surface area contributed by atoms with Gasteiger partial charge < -0.3 is 10.1 Å². The van der Waals surface area contributed by atoms with Crippen LogP contribution in [0.15, 0.2) is 24.3 Å². The van der Waals surface area contributed by atoms with Crippen molar-refractivity contribution in [2.24, 2.45) is 0 Å². The highest BCUT2D eigenvalue weighted by Gasteiger charge is 2.35. The van der Waals surface area contributed by atoms with Crippen LogP contribution >= 0.6 is 0 Å². The summed E-state index contributed by atoms with van der Waals surface area (Å²) in [6.45, 7) is 2.53. The first-order valence-electron chi connectivity index (χ1n) is 7.02. The van der Waals surface area contributed by atoms with E-state index in [-0.39, 0.29) is 0 Å². The maximum atomic E-state index is 5.42. The summed E-state index contributed by atoms with van der Waals surface area (Å²) in [4.78, 5) is 2.65. The van der Waals surface area contributed by atoms with E-state index in [4.69, 9.17) is 4.74 Å². The van der Waals surface area contributed by atoms with Crippen molar-refractivity contribution < 1.29 is 4.74 Å². The number of nitrogens with one attached hydrogen (secondary N) is 1. The highest BCUT2D eigenvalue weighted by Crippen LogP contribution is 2.32. The molecule has 2 atom stereocenters. The molecular formula is C15H22N2O. The van der Waals surface area contributed by atoms with E-state index in [2.05, 4.69) is 22.3 Å². The van der Waals surface area contributed by atoms with E-state index in [1.807, 2.05) is 12.1 Å². The lowest BCUT2D eigenvalue weighted by Gasteiger charge is -2.33. The Labute approximate surface area is 109 Å². The third kappa shape index (κ3) is 2.19. The van der Waals surface area contributed by atoms with Crippen molar-refractivity contribution in [3.8, 4) is 5.75 Å². The molecule has 1 N–H and O–H groups in total. The van der Waals surface area contributed by atoms with Crippen molar-refractivity contribution in [1.29, 1.82) is 0 Å². The number of benzene rings is 1. The average Bonchev–Trinajstić information content (AvgIpc) is 2.83. The molecular weight excluding hydrogens is 224 g/mol. The number of ether oxygens (including phenoxy) is 1. The first-order chi connectivity index (χ1) is 8.88. The van der Waals surface area contributed by atoms with Gasteiger partial charge in [0.25, 0.3) is 0 Å². The smallest absolute Gasteiger partial charge is 0.141 e. The maximum Gasteiger partial charge on any atom is 0.141 e. The molecule has 3 rings (SSSR count). The fraction of sp³-hybridized carbons (Fsp3) is 0.600. The van der Waals surface area contributed by atoms with Gasteiger partial charge in [-0.15, -0.1) is 0 Å². The lowest BCUT2D eigenvalue weighted by Crippen LogP contribution is -2.41. The molecule has 0 saturated carbocycles. The molecule has 2 saturated heterocycles. The summed E-state index contributed by atoms with van der Waals surface area (Å²) in [5.41, 5.74) is 1.14. The summed E-state index contributed by atoms with van der Waals surface area (Å²) in [6.07, 6.45) is 5.35. The Morgan fingerprint density at radius 1 is 1.17 bits per heavy atom. The first-order valence-corrected chi connectivity index (χ1v) is 7.02. The van der Waals surface area contributed by atoms with Gasteiger partial charge in [0, 0.05) is 18.6 Å². The van der Waals surface area contributed by atoms with Gasteiger partial charge in [-0.25, -0.2) is 0 Å². The number of hydrogen-bond acceptors (Lipinski definition) is 3. The predicted octanol–water partition coefficient (Wildman–Crippen LogP) is 2.73. The molecule has 2 aliphatic heterocycles. The van der Waals surface area contributed by atoms with Crippen LogP contribution in [0.1, 0.15) is 25.7 Å². The molecule has 0 radical (unpaired) electrons. The second kappa shape index (κ2) is 5.19. The molecule has 3 nitrogen and oxygen atoms in total. The van der Waals surface area contributed by atoms with Gasteiger partial charge >= 0.3 is 0 Å². The third-order valence-corrected chi connectivity index (χ3v) is 4.30. The highest BCUT2D eigenvalue weighted by atomic mass is 16.5. The predicted molar refractivity (Wildman–Crippen MR) is 74.2 cm³/mol. The minimum Gasteiger partial charge on any atom is -0.495 e. The van der Waals surface area contributed by atoms with Crippen molar-refractivity contribution >= 4 is 5.69 Å². The Bertz CT molecular complexity index is 407. The SMILES string of the molecule is COc1ccccc1NC1CCN2CCCCC12. The van der Waals surface area contributed by atoms with E-state index in [0.29, 0.717) is 6.04 Å². The zero-order valence-corrected chi connectivity index (χ0v) is 11.1. The van der Waals surface area contributed by atoms with Crippen LogP contribution in [0.4, 0.5) is 5.69 Å². The number of rotatable bonds is 3. The second-order valence-electron chi connectivity index (χ2n) is 5.34. The lowest BCUT2D eigenvalue weighted by molar-refractivity contribution is 0.192. The van der Waals surface area contributed by atoms with Gasteiger partial charge in [0.2, 0.25) is 0 Å². The molecule has 2 fully saturated rings. The van der Waals surface area contributed by atoms with Crippen LogP contribution in [0.25, 0.3) is 0 Å². The minimum atomic E-state index is 0.585. The van der Waals surface area contributed by atoms with Crippen molar-refractivity contribution in [1.82, 2.24) is 4.90 Å². The van der Waals surface area contributed by atoms with E-state index in [1.165, 1.54) is 38.8 Å². The summed E-state index contributed by atoms with van der Waals surface area (Å²) < 4.78 is 5.42. The second-order valence-corrected chi connectivity index (χ2v) is 5.34. The van der Waals surface area contributed by atoms with Crippen molar-refractivity contribution in [2.75, 3.05) is 25.5 Å². The van der Waals surface area contributed by atoms with Crippen LogP contribution in [0, 0.1) is 0 Å². The summed E-state index contributed by atoms with van der Waals surface area (Å²) in [7, 11) is 1.74. The third-order valence-electron chi connectivity index (χ3n) is 4.30. The zero-order valence-electron chi connectivity index (χ0n) is 11.1. The molecule has 2 heterocycles. The number of hydrogen-bond donors (Lipinski definition) is 1. The molecule has 2 aliphatic rings. The lowest BCUT2D eigenvalue weighted by atomic mass is 9.99. The fourth-order valence-electron chi connectivity index (χ4n) is 3.38. The number of anilines is 1. The van der Waals surface area contributed by atoms with Crippen LogP contribution in [0.3, 0.4) is 0 Å². The monoisotopic (exact) mass is 246 g/mol. The molecule has 3 heteroatoms. The quantitative estimate of drug-likeness (QED) is 0.887. The molecule has 1 aromatic carbocycles. The largest absolute Gasteiger partial charge is 0.495 e. The average molecular weight is 246 g/mol. The van der Waals surface area contributed by atoms with Gasteiger partial charge in [-0.2, -0.15) is 0 Å². The molecule has 0 spiro atoms. The van der Waals surface area contributed by atoms with E-state index < -0.39 is 0 Å². The van der Waals surface area contributed by atoms with Crippen LogP contribution in [-0.4, -0.2) is 37.2 Å². The van der Waals surface area contributed by atoms with Gasteiger partial charge in [-0.05, 0) is 37.9 Å². The van der Waals surface area contributed by atoms with Crippen molar-refractivity contribution in [3.63, 3.8) is 0 Å². The van der Waals surface area contributed by atoms with Gasteiger partial charge in [-0.3, -0.25) is 4.90 Å². The van der Waals surface area contributed by atoms with Crippen molar-refractivity contribution in [3.05, 3.63) is 24.3 Å². The standard InChI is InChI=1S/C15H22N2O/c1-18-15-8-3-2-6-13(15)16-12-9-11-17-10-5-4-7-14(12)17/h2-3,6,8,12,14,16H,4-5,7,9-11H2,1H3. The Morgan fingerprint density at radius 3 is 2.94 bits per heavy atom. The zero-order chi connectivity index (χ0) is 12.4. The molecule has 0 bridgehead atoms. The van der Waals surface area contributed by atoms with Crippen LogP contribution in [0.2, 0.25) is 0 Å². The number of para-hydroxylation sites is 2. The van der Waals surface area contributed by atoms with E-state index >= 15 is 0 Å². The minimum absolute atomic E-state index is 0.585. The molecule has 0 amide bonds. The summed E-state index contributed by atoms with van der Waals surface area (Å²) >= 11 is 0. The Balaban J connectivity index is 1.72. The summed E-state index contributed by atoms with van der Waals surface area (Å²) in [6, 6.07) is 9.54. The fourth-order valence-corrected chi connectivity index (χ4v) is 3.38. The van der Waals surface area contributed by atoms with Crippen LogP contribution in [-0.2, 0) is 0 Å². The normalized spacial score (nSPS) is 27.8. The topological polar surface area (TPSA) is 24.5 Å². The van der Waals surface area contributed by atoms with Gasteiger partial charge in [-0.1, -0.05) is 18.6 Å². The maximum absolute atomic E-state index is 5.42. The molecule has 0 aliphatic carbocycles. The Hall–Kier alpha value is -1.22. The molecule has 0 aromatic heterocycles. The number of nitrogens with zero attached hydrogens (tertiary/aromatic N) is 1. The molecule has 2 unspecified atom stereocenters. The first kappa shape index (κ1) is 11.8. The number of piperidine rings is 1. The van der Waals surface area contributed by atoms with E-state index in [1.54, 1.807) is 7.11 Å². The van der Waals surface area contributed by atoms with E-state index in [0.717, 1.165) is 17.5 Å². The Morgan fingerprint density at radius 2 is 2.06 bits per heavy atom. The molecule has 18 heavy (non-hydrogen) atoms. The number of methoxy groups -OCH3 is 1. The van der Waals surface area contributed by atoms with Gasteiger partial charge in [0.15, 0.2) is 0 Å². The molecule has 1 aromatic rings. The number of fused-ring (bicyclic) bond motifs is 1. The van der Waals surface area contributed by atoms with Crippen molar-refractivity contribution in [2.45, 2.75) is 37.8 Å². The Kier molecular flexibility index (Phi) is 3.41. The van der Waals surface area contributed by atoms with E-state index in [9.17, 15) is 0 Å². The van der Waals surface area contributed by atoms with Crippen LogP contribution < -0.4 is 10.1 Å². The van der Waals surface area contributed by atoms with Gasteiger partial charge in [0.05, 0.1) is 12.8 Å². The van der Waals surface area contributed by atoms with Gasteiger partial charge in [0.1, 0.15) is 5.75 Å². The summed E-state index contributed by atoms with van der Waals surface area (Å²) in [5.74, 6) is 0.951. The molecule has 98 valence electrons. The summed E-state index contributed by atoms with van der Waals surface area (Å²) in [5, 5.41) is 3.69.